The Morgan fingerprint density at radius 3 is 2.47 bits per heavy atom. The van der Waals surface area contributed by atoms with Crippen molar-refractivity contribution >= 4 is 5.97 Å². The molecule has 0 saturated heterocycles. The smallest absolute Gasteiger partial charge is 0.303 e. The molecule has 0 amide bonds. The molecule has 1 aromatic carbocycles. The van der Waals surface area contributed by atoms with E-state index in [0.29, 0.717) is 0 Å². The molecule has 0 spiro atoms. The van der Waals surface area contributed by atoms with Gasteiger partial charge < -0.3 is 4.74 Å². The van der Waals surface area contributed by atoms with Gasteiger partial charge in [0.2, 0.25) is 0 Å². The van der Waals surface area contributed by atoms with Crippen LogP contribution in [0.15, 0.2) is 30.3 Å². The van der Waals surface area contributed by atoms with Crippen LogP contribution in [0.3, 0.4) is 0 Å². The second-order valence-corrected chi connectivity index (χ2v) is 3.36. The zero-order valence-corrected chi connectivity index (χ0v) is 8.81. The van der Waals surface area contributed by atoms with Gasteiger partial charge in [-0.05, 0) is 5.56 Å². The van der Waals surface area contributed by atoms with Gasteiger partial charge in [0.15, 0.2) is 6.10 Å². The number of nitrogens with zero attached hydrogens (tertiary/aromatic N) is 1. The molecule has 3 nitrogen and oxygen atoms in total. The topological polar surface area (TPSA) is 50.1 Å². The van der Waals surface area contributed by atoms with Crippen molar-refractivity contribution in [2.24, 2.45) is 0 Å². The van der Waals surface area contributed by atoms with Crippen LogP contribution in [-0.4, -0.2) is 12.1 Å². The van der Waals surface area contributed by atoms with Gasteiger partial charge in [0.1, 0.15) is 6.07 Å². The predicted octanol–water partition coefficient (Wildman–Crippen LogP) is 2.25. The van der Waals surface area contributed by atoms with E-state index in [9.17, 15) is 4.79 Å². The highest BCUT2D eigenvalue weighted by Crippen LogP contribution is 2.20. The Labute approximate surface area is 89.3 Å². The average Bonchev–Trinajstić information content (AvgIpc) is 2.26. The molecular formula is C12H13NO2. The third kappa shape index (κ3) is 3.10. The van der Waals surface area contributed by atoms with Crippen LogP contribution in [-0.2, 0) is 9.53 Å². The van der Waals surface area contributed by atoms with Crippen molar-refractivity contribution in [2.45, 2.75) is 25.9 Å². The van der Waals surface area contributed by atoms with Gasteiger partial charge >= 0.3 is 5.97 Å². The lowest BCUT2D eigenvalue weighted by atomic mass is 9.96. The third-order valence-corrected chi connectivity index (χ3v) is 2.20. The second-order valence-electron chi connectivity index (χ2n) is 3.36. The first-order chi connectivity index (χ1) is 7.15. The number of esters is 1. The fraction of sp³-hybridized carbons (Fsp3) is 0.333. The third-order valence-electron chi connectivity index (χ3n) is 2.20. The summed E-state index contributed by atoms with van der Waals surface area (Å²) in [5.74, 6) is -0.538. The van der Waals surface area contributed by atoms with Gasteiger partial charge in [-0.15, -0.1) is 0 Å². The van der Waals surface area contributed by atoms with E-state index in [1.807, 2.05) is 43.3 Å². The molecular weight excluding hydrogens is 190 g/mol. The summed E-state index contributed by atoms with van der Waals surface area (Å²) in [4.78, 5) is 10.8. The first kappa shape index (κ1) is 11.3. The summed E-state index contributed by atoms with van der Waals surface area (Å²) in [6.45, 7) is 3.17. The quantitative estimate of drug-likeness (QED) is 0.708. The van der Waals surface area contributed by atoms with Crippen molar-refractivity contribution in [3.05, 3.63) is 35.9 Å². The standard InChI is InChI=1S/C12H13NO2/c1-9(11-6-4-3-5-7-11)12(8-13)15-10(2)14/h3-7,9,12H,1-2H3/t9-,12-/m1/s1. The highest BCUT2D eigenvalue weighted by atomic mass is 16.5. The van der Waals surface area contributed by atoms with E-state index < -0.39 is 12.1 Å². The fourth-order valence-electron chi connectivity index (χ4n) is 1.35. The van der Waals surface area contributed by atoms with Gasteiger partial charge in [-0.1, -0.05) is 37.3 Å². The van der Waals surface area contributed by atoms with E-state index >= 15 is 0 Å². The van der Waals surface area contributed by atoms with Crippen molar-refractivity contribution < 1.29 is 9.53 Å². The van der Waals surface area contributed by atoms with Crippen molar-refractivity contribution in [3.8, 4) is 6.07 Å². The Balaban J connectivity index is 2.79. The highest BCUT2D eigenvalue weighted by Gasteiger charge is 2.20. The van der Waals surface area contributed by atoms with Crippen LogP contribution in [0.1, 0.15) is 25.3 Å². The number of hydrogen-bond acceptors (Lipinski definition) is 3. The molecule has 0 aromatic heterocycles. The monoisotopic (exact) mass is 203 g/mol. The maximum absolute atomic E-state index is 10.8. The SMILES string of the molecule is CC(=O)O[C@H](C#N)[C@H](C)c1ccccc1. The maximum atomic E-state index is 10.8. The molecule has 0 unspecified atom stereocenters. The molecule has 0 fully saturated rings. The molecule has 0 aliphatic rings. The molecule has 0 heterocycles. The van der Waals surface area contributed by atoms with E-state index in [2.05, 4.69) is 0 Å². The lowest BCUT2D eigenvalue weighted by Crippen LogP contribution is -2.20. The van der Waals surface area contributed by atoms with Crippen LogP contribution in [0.4, 0.5) is 0 Å². The first-order valence-corrected chi connectivity index (χ1v) is 4.77. The van der Waals surface area contributed by atoms with Crippen LogP contribution in [0.5, 0.6) is 0 Å². The molecule has 3 heteroatoms. The van der Waals surface area contributed by atoms with Gasteiger partial charge in [-0.3, -0.25) is 4.79 Å². The number of rotatable bonds is 3. The Kier molecular flexibility index (Phi) is 3.87. The maximum Gasteiger partial charge on any atom is 0.303 e. The van der Waals surface area contributed by atoms with Crippen LogP contribution >= 0.6 is 0 Å². The van der Waals surface area contributed by atoms with Gasteiger partial charge in [0.05, 0.1) is 0 Å². The van der Waals surface area contributed by atoms with E-state index in [0.717, 1.165) is 5.56 Å². The molecule has 78 valence electrons. The highest BCUT2D eigenvalue weighted by molar-refractivity contribution is 5.66. The summed E-state index contributed by atoms with van der Waals surface area (Å²) in [5.41, 5.74) is 0.991. The summed E-state index contributed by atoms with van der Waals surface area (Å²) in [5, 5.41) is 8.88. The summed E-state index contributed by atoms with van der Waals surface area (Å²) < 4.78 is 4.92. The van der Waals surface area contributed by atoms with Crippen LogP contribution in [0, 0.1) is 11.3 Å². The van der Waals surface area contributed by atoms with Crippen LogP contribution in [0.25, 0.3) is 0 Å². The molecule has 2 atom stereocenters. The number of ether oxygens (including phenoxy) is 1. The van der Waals surface area contributed by atoms with E-state index in [1.54, 1.807) is 0 Å². The minimum atomic E-state index is -0.718. The van der Waals surface area contributed by atoms with Crippen molar-refractivity contribution in [2.75, 3.05) is 0 Å². The molecule has 0 aliphatic heterocycles. The van der Waals surface area contributed by atoms with E-state index in [1.165, 1.54) is 6.92 Å². The van der Waals surface area contributed by atoms with Crippen LogP contribution < -0.4 is 0 Å². The van der Waals surface area contributed by atoms with Gasteiger partial charge in [0, 0.05) is 12.8 Å². The molecule has 0 saturated carbocycles. The molecule has 0 radical (unpaired) electrons. The number of nitriles is 1. The van der Waals surface area contributed by atoms with Crippen molar-refractivity contribution in [3.63, 3.8) is 0 Å². The molecule has 15 heavy (non-hydrogen) atoms. The van der Waals surface area contributed by atoms with Gasteiger partial charge in [-0.2, -0.15) is 5.26 Å². The molecule has 0 bridgehead atoms. The lowest BCUT2D eigenvalue weighted by Gasteiger charge is -2.17. The summed E-state index contributed by atoms with van der Waals surface area (Å²) in [6, 6.07) is 11.5. The Hall–Kier alpha value is -1.82. The number of hydrogen-bond donors (Lipinski definition) is 0. The molecule has 1 rings (SSSR count). The van der Waals surface area contributed by atoms with Crippen molar-refractivity contribution in [1.82, 2.24) is 0 Å². The predicted molar refractivity (Wildman–Crippen MR) is 56.0 cm³/mol. The fourth-order valence-corrected chi connectivity index (χ4v) is 1.35. The second kappa shape index (κ2) is 5.16. The normalized spacial score (nSPS) is 13.7. The number of carbonyl (C=O) groups excluding carboxylic acids is 1. The molecule has 0 N–H and O–H groups in total. The summed E-state index contributed by atoms with van der Waals surface area (Å²) >= 11 is 0. The zero-order valence-electron chi connectivity index (χ0n) is 8.81. The Morgan fingerprint density at radius 1 is 1.40 bits per heavy atom. The Morgan fingerprint density at radius 2 is 2.00 bits per heavy atom. The van der Waals surface area contributed by atoms with Crippen molar-refractivity contribution in [1.29, 1.82) is 5.26 Å². The van der Waals surface area contributed by atoms with E-state index in [4.69, 9.17) is 10.00 Å². The van der Waals surface area contributed by atoms with Gasteiger partial charge in [0.25, 0.3) is 0 Å². The molecule has 0 aliphatic carbocycles. The number of benzene rings is 1. The largest absolute Gasteiger partial charge is 0.446 e. The zero-order chi connectivity index (χ0) is 11.3. The summed E-state index contributed by atoms with van der Waals surface area (Å²) in [7, 11) is 0. The van der Waals surface area contributed by atoms with Gasteiger partial charge in [-0.25, -0.2) is 0 Å². The average molecular weight is 203 g/mol. The molecule has 1 aromatic rings. The summed E-state index contributed by atoms with van der Waals surface area (Å²) in [6.07, 6.45) is -0.718. The minimum Gasteiger partial charge on any atom is -0.446 e. The number of carbonyl (C=O) groups is 1. The van der Waals surface area contributed by atoms with Crippen LogP contribution in [0.2, 0.25) is 0 Å². The first-order valence-electron chi connectivity index (χ1n) is 4.77. The van der Waals surface area contributed by atoms with E-state index in [-0.39, 0.29) is 5.92 Å². The lowest BCUT2D eigenvalue weighted by molar-refractivity contribution is -0.144. The minimum absolute atomic E-state index is 0.111. The Bertz CT molecular complexity index is 367.